The van der Waals surface area contributed by atoms with Crippen LogP contribution in [0.4, 0.5) is 0 Å². The Morgan fingerprint density at radius 3 is 1.38 bits per heavy atom. The monoisotopic (exact) mass is 152 g/mol. The minimum absolute atomic E-state index is 0. The third-order valence-electron chi connectivity index (χ3n) is 0.231. The normalized spacial score (nSPS) is 7.75. The van der Waals surface area contributed by atoms with Gasteiger partial charge in [-0.25, -0.2) is 0 Å². The Kier molecular flexibility index (Phi) is 4.17. The summed E-state index contributed by atoms with van der Waals surface area (Å²) in [4.78, 5) is 0. The fourth-order valence-corrected chi connectivity index (χ4v) is 0.0612. The largest absolute Gasteiger partial charge is 0.772 e. The van der Waals surface area contributed by atoms with Gasteiger partial charge in [0, 0.05) is 0 Å². The SMILES string of the molecule is Cl.[C-]#[N+]S(=O)(=O)[N+]#[C-]. The van der Waals surface area contributed by atoms with Crippen LogP contribution >= 0.6 is 12.4 Å². The lowest BCUT2D eigenvalue weighted by Gasteiger charge is -1.56. The molecule has 4 nitrogen and oxygen atoms in total. The zero-order valence-corrected chi connectivity index (χ0v) is 5.16. The Hall–Kier alpha value is -0.780. The number of hydrogen-bond donors (Lipinski definition) is 0. The second kappa shape index (κ2) is 3.25. The fourth-order valence-electron chi connectivity index (χ4n) is 0.0204. The first-order valence-corrected chi connectivity index (χ1v) is 2.54. The molecule has 0 atom stereocenters. The number of rotatable bonds is 0. The third-order valence-corrected chi connectivity index (χ3v) is 0.692. The van der Waals surface area contributed by atoms with Crippen molar-refractivity contribution in [3.05, 3.63) is 21.6 Å². The summed E-state index contributed by atoms with van der Waals surface area (Å²) in [5.41, 5.74) is 0. The smallest absolute Gasteiger partial charge is 0.198 e. The molecule has 0 amide bonds. The van der Waals surface area contributed by atoms with Gasteiger partial charge in [0.1, 0.15) is 0 Å². The Labute approximate surface area is 53.4 Å². The standard InChI is InChI=1S/C2N2O2S.ClH/c1-3-7(5,6)4-2;/h;1H. The van der Waals surface area contributed by atoms with Crippen LogP contribution in [0, 0.1) is 13.1 Å². The van der Waals surface area contributed by atoms with Crippen LogP contribution < -0.4 is 0 Å². The van der Waals surface area contributed by atoms with Crippen molar-refractivity contribution in [1.82, 2.24) is 0 Å². The van der Waals surface area contributed by atoms with E-state index in [9.17, 15) is 8.42 Å². The van der Waals surface area contributed by atoms with E-state index >= 15 is 0 Å². The summed E-state index contributed by atoms with van der Waals surface area (Å²) in [6, 6.07) is 0. The van der Waals surface area contributed by atoms with Crippen LogP contribution in [0.2, 0.25) is 0 Å². The molecule has 0 rings (SSSR count). The van der Waals surface area contributed by atoms with Crippen molar-refractivity contribution in [3.8, 4) is 0 Å². The maximum atomic E-state index is 9.66. The minimum atomic E-state index is -4.07. The van der Waals surface area contributed by atoms with Crippen LogP contribution in [0.15, 0.2) is 0 Å². The molecule has 0 radical (unpaired) electrons. The molecule has 0 aromatic heterocycles. The van der Waals surface area contributed by atoms with E-state index in [0.29, 0.717) is 0 Å². The van der Waals surface area contributed by atoms with Crippen molar-refractivity contribution < 1.29 is 8.42 Å². The summed E-state index contributed by atoms with van der Waals surface area (Å²) < 4.78 is 23.3. The molecule has 8 heavy (non-hydrogen) atoms. The highest BCUT2D eigenvalue weighted by Crippen LogP contribution is 1.88. The van der Waals surface area contributed by atoms with Gasteiger partial charge in [0.15, 0.2) is 0 Å². The lowest BCUT2D eigenvalue weighted by atomic mass is 11.8. The van der Waals surface area contributed by atoms with Gasteiger partial charge in [-0.1, -0.05) is 8.42 Å². The predicted octanol–water partition coefficient (Wildman–Crippen LogP) is 0.492. The number of nitrogens with zero attached hydrogens (tertiary/aromatic N) is 2. The summed E-state index contributed by atoms with van der Waals surface area (Å²) in [6.45, 7) is 11.7. The molecule has 0 spiro atoms. The number of hydrogen-bond acceptors (Lipinski definition) is 2. The minimum Gasteiger partial charge on any atom is -0.198 e. The Morgan fingerprint density at radius 2 is 1.38 bits per heavy atom. The molecule has 0 unspecified atom stereocenters. The summed E-state index contributed by atoms with van der Waals surface area (Å²) in [6.07, 6.45) is 0. The molecule has 0 aromatic rings. The van der Waals surface area contributed by atoms with Gasteiger partial charge >= 0.3 is 10.2 Å². The molecule has 0 aliphatic rings. The fraction of sp³-hybridized carbons (Fsp3) is 0. The topological polar surface area (TPSA) is 42.9 Å². The second-order valence-corrected chi connectivity index (χ2v) is 1.89. The summed E-state index contributed by atoms with van der Waals surface area (Å²) in [7, 11) is -4.07. The van der Waals surface area contributed by atoms with E-state index in [-0.39, 0.29) is 12.4 Å². The second-order valence-electron chi connectivity index (χ2n) is 0.630. The molecule has 0 aliphatic carbocycles. The van der Waals surface area contributed by atoms with Crippen LogP contribution in [-0.2, 0) is 10.2 Å². The molecule has 0 saturated heterocycles. The van der Waals surface area contributed by atoms with E-state index < -0.39 is 10.2 Å². The maximum Gasteiger partial charge on any atom is 0.772 e. The highest BCUT2D eigenvalue weighted by molar-refractivity contribution is 7.95. The van der Waals surface area contributed by atoms with Crippen LogP contribution in [0.1, 0.15) is 0 Å². The van der Waals surface area contributed by atoms with Crippen LogP contribution in [0.3, 0.4) is 0 Å². The average Bonchev–Trinajstić information content (AvgIpc) is 1.68. The van der Waals surface area contributed by atoms with Crippen LogP contribution in [-0.4, -0.2) is 8.42 Å². The molecule has 0 N–H and O–H groups in total. The quantitative estimate of drug-likeness (QED) is 0.474. The lowest BCUT2D eigenvalue weighted by Crippen LogP contribution is -1.77. The van der Waals surface area contributed by atoms with Gasteiger partial charge in [-0.2, -0.15) is 13.1 Å². The lowest BCUT2D eigenvalue weighted by molar-refractivity contribution is 0.612. The van der Waals surface area contributed by atoms with E-state index in [0.717, 1.165) is 0 Å². The van der Waals surface area contributed by atoms with Crippen molar-refractivity contribution in [1.29, 1.82) is 0 Å². The first kappa shape index (κ1) is 10.3. The molecule has 44 valence electrons. The first-order chi connectivity index (χ1) is 3.12. The molecule has 0 aromatic carbocycles. The van der Waals surface area contributed by atoms with Gasteiger partial charge in [-0.3, -0.25) is 0 Å². The van der Waals surface area contributed by atoms with E-state index in [1.807, 2.05) is 8.50 Å². The number of halogens is 1. The van der Waals surface area contributed by atoms with E-state index in [1.54, 1.807) is 0 Å². The van der Waals surface area contributed by atoms with Crippen LogP contribution in [0.5, 0.6) is 0 Å². The van der Waals surface area contributed by atoms with Gasteiger partial charge < -0.3 is 0 Å². The molecule has 6 heteroatoms. The molecule has 0 heterocycles. The highest BCUT2D eigenvalue weighted by atomic mass is 35.5. The van der Waals surface area contributed by atoms with Gasteiger partial charge in [-0.05, 0) is 0 Å². The van der Waals surface area contributed by atoms with Gasteiger partial charge in [0.2, 0.25) is 0 Å². The first-order valence-electron chi connectivity index (χ1n) is 1.15. The van der Waals surface area contributed by atoms with E-state index in [2.05, 4.69) is 0 Å². The van der Waals surface area contributed by atoms with Crippen molar-refractivity contribution >= 4 is 22.6 Å². The van der Waals surface area contributed by atoms with Crippen molar-refractivity contribution in [2.75, 3.05) is 0 Å². The Bertz CT molecular complexity index is 210. The third kappa shape index (κ3) is 3.41. The highest BCUT2D eigenvalue weighted by Gasteiger charge is 2.16. The van der Waals surface area contributed by atoms with Gasteiger partial charge in [0.05, 0.1) is 0 Å². The Morgan fingerprint density at radius 1 is 1.12 bits per heavy atom. The van der Waals surface area contributed by atoms with E-state index in [4.69, 9.17) is 13.1 Å². The van der Waals surface area contributed by atoms with Crippen molar-refractivity contribution in [3.63, 3.8) is 0 Å². The molecular formula is C2HClN2O2S. The predicted molar refractivity (Wildman–Crippen MR) is 29.4 cm³/mol. The Balaban J connectivity index is 0. The van der Waals surface area contributed by atoms with E-state index in [1.165, 1.54) is 0 Å². The molecular weight excluding hydrogens is 152 g/mol. The van der Waals surface area contributed by atoms with Crippen molar-refractivity contribution in [2.24, 2.45) is 0 Å². The molecule has 0 bridgehead atoms. The molecule has 0 saturated carbocycles. The van der Waals surface area contributed by atoms with Crippen molar-refractivity contribution in [2.45, 2.75) is 0 Å². The van der Waals surface area contributed by atoms with Gasteiger partial charge in [0.25, 0.3) is 0 Å². The average molecular weight is 153 g/mol. The summed E-state index contributed by atoms with van der Waals surface area (Å²) in [5.74, 6) is 0. The summed E-state index contributed by atoms with van der Waals surface area (Å²) >= 11 is 0. The molecule has 0 aliphatic heterocycles. The maximum absolute atomic E-state index is 9.66. The van der Waals surface area contributed by atoms with Gasteiger partial charge in [-0.15, -0.1) is 20.9 Å². The zero-order chi connectivity index (χ0) is 5.91. The molecule has 0 fully saturated rings. The summed E-state index contributed by atoms with van der Waals surface area (Å²) in [5, 5.41) is 0. The zero-order valence-electron chi connectivity index (χ0n) is 3.53. The van der Waals surface area contributed by atoms with Crippen LogP contribution in [0.25, 0.3) is 8.50 Å².